The predicted octanol–water partition coefficient (Wildman–Crippen LogP) is 3.66. The molecule has 6 aliphatic rings. The third-order valence-corrected chi connectivity index (χ3v) is 14.6. The molecule has 0 bridgehead atoms. The number of nitrogens with zero attached hydrogens (tertiary/aromatic N) is 8. The van der Waals surface area contributed by atoms with E-state index < -0.39 is 6.04 Å². The van der Waals surface area contributed by atoms with Crippen LogP contribution < -0.4 is 36.0 Å². The number of carbonyl (C=O) groups is 4. The Hall–Kier alpha value is -5.78. The van der Waals surface area contributed by atoms with E-state index in [0.29, 0.717) is 47.4 Å². The number of ether oxygens (including phenoxy) is 1. The summed E-state index contributed by atoms with van der Waals surface area (Å²) >= 11 is 6.65. The van der Waals surface area contributed by atoms with Crippen molar-refractivity contribution in [1.82, 2.24) is 39.9 Å². The van der Waals surface area contributed by atoms with Gasteiger partial charge in [-0.25, -0.2) is 4.98 Å². The van der Waals surface area contributed by atoms with E-state index in [1.807, 2.05) is 44.2 Å². The van der Waals surface area contributed by atoms with Gasteiger partial charge in [0.15, 0.2) is 18.2 Å². The van der Waals surface area contributed by atoms with E-state index in [9.17, 15) is 24.0 Å². The van der Waals surface area contributed by atoms with Crippen LogP contribution in [0, 0.1) is 0 Å². The van der Waals surface area contributed by atoms with Crippen molar-refractivity contribution >= 4 is 69.3 Å². The van der Waals surface area contributed by atoms with Crippen molar-refractivity contribution in [3.63, 3.8) is 0 Å². The first-order valence-corrected chi connectivity index (χ1v) is 22.9. The summed E-state index contributed by atoms with van der Waals surface area (Å²) in [5.74, 6) is 0.0930. The van der Waals surface area contributed by atoms with Crippen LogP contribution in [0.15, 0.2) is 53.5 Å². The average Bonchev–Trinajstić information content (AvgIpc) is 3.87. The summed E-state index contributed by atoms with van der Waals surface area (Å²) < 4.78 is 7.30. The number of hydrogen-bond acceptors (Lipinski definition) is 13. The SMILES string of the molecule is CNC(=O)COc1cc2cc(Nc3nc(N4CCC(N5CCC56CN(C5CCN(c7ccc8c(c7)CN(C7CCC(=O)NC7=O)C8=O)C5)C6)CC4)ncc3Cl)ccc2n(C(C)C)c1=O. The molecule has 2 aromatic carbocycles. The van der Waals surface area contributed by atoms with E-state index in [2.05, 4.69) is 46.6 Å². The number of rotatable bonds is 11. The summed E-state index contributed by atoms with van der Waals surface area (Å²) in [5, 5.41) is 9.43. The van der Waals surface area contributed by atoms with Crippen LogP contribution >= 0.6 is 11.6 Å². The van der Waals surface area contributed by atoms with Crippen molar-refractivity contribution in [1.29, 1.82) is 0 Å². The molecule has 18 heteroatoms. The standard InChI is InChI=1S/C46H54ClN11O6/c1-27(2)58-36-7-4-30(18-28(36)20-38(44(58)63)64-24-40(60)48-3)50-41-35(47)21-49-45(52-41)53-14-10-31(11-15-53)57-17-13-46(57)25-55(26-46)33-12-16-54(23-33)32-5-6-34-29(19-32)22-56(43(34)62)37-8-9-39(59)51-42(37)61/h4-7,18-21,27,31,33,37H,8-17,22-26H2,1-3H3,(H,48,60)(H,49,50,52)(H,51,59,61). The van der Waals surface area contributed by atoms with Crippen LogP contribution in [0.5, 0.6) is 5.75 Å². The normalized spacial score (nSPS) is 22.5. The van der Waals surface area contributed by atoms with Crippen molar-refractivity contribution in [2.75, 3.05) is 74.6 Å². The molecule has 5 saturated heterocycles. The minimum Gasteiger partial charge on any atom is -0.478 e. The fourth-order valence-corrected chi connectivity index (χ4v) is 10.9. The number of likely N-dealkylation sites (N-methyl/N-ethyl adjacent to an activating group) is 1. The molecule has 0 saturated carbocycles. The van der Waals surface area contributed by atoms with Gasteiger partial charge in [-0.3, -0.25) is 39.1 Å². The Bertz CT molecular complexity index is 2610. The number of benzene rings is 2. The molecule has 2 unspecified atom stereocenters. The molecule has 1 spiro atoms. The van der Waals surface area contributed by atoms with Gasteiger partial charge in [0, 0.05) is 112 Å². The molecule has 2 aromatic heterocycles. The first kappa shape index (κ1) is 42.2. The molecule has 4 aromatic rings. The number of halogens is 1. The number of fused-ring (bicyclic) bond motifs is 2. The summed E-state index contributed by atoms with van der Waals surface area (Å²) in [7, 11) is 1.52. The molecule has 6 aliphatic heterocycles. The molecule has 17 nitrogen and oxygen atoms in total. The van der Waals surface area contributed by atoms with Crippen LogP contribution in [0.1, 0.15) is 74.3 Å². The Labute approximate surface area is 376 Å². The first-order chi connectivity index (χ1) is 30.9. The lowest BCUT2D eigenvalue weighted by atomic mass is 9.74. The molecular weight excluding hydrogens is 838 g/mol. The van der Waals surface area contributed by atoms with Crippen molar-refractivity contribution in [3.05, 3.63) is 75.2 Å². The lowest BCUT2D eigenvalue weighted by molar-refractivity contribution is -0.156. The molecule has 4 amide bonds. The van der Waals surface area contributed by atoms with Gasteiger partial charge in [-0.2, -0.15) is 4.98 Å². The smallest absolute Gasteiger partial charge is 0.293 e. The number of piperidine rings is 2. The zero-order chi connectivity index (χ0) is 44.4. The third-order valence-electron chi connectivity index (χ3n) is 14.3. The highest BCUT2D eigenvalue weighted by atomic mass is 35.5. The summed E-state index contributed by atoms with van der Waals surface area (Å²) in [6.45, 7) is 10.9. The number of hydrogen-bond donors (Lipinski definition) is 3. The number of pyridine rings is 1. The largest absolute Gasteiger partial charge is 0.478 e. The lowest BCUT2D eigenvalue weighted by Gasteiger charge is -2.66. The lowest BCUT2D eigenvalue weighted by Crippen LogP contribution is -2.80. The Morgan fingerprint density at radius 2 is 1.75 bits per heavy atom. The predicted molar refractivity (Wildman–Crippen MR) is 242 cm³/mol. The monoisotopic (exact) mass is 891 g/mol. The number of aromatic nitrogens is 3. The van der Waals surface area contributed by atoms with Gasteiger partial charge in [0.1, 0.15) is 11.1 Å². The molecule has 5 fully saturated rings. The summed E-state index contributed by atoms with van der Waals surface area (Å²) in [6.07, 6.45) is 6.64. The van der Waals surface area contributed by atoms with Crippen LogP contribution in [-0.2, 0) is 20.9 Å². The molecular formula is C46H54ClN11O6. The Morgan fingerprint density at radius 1 is 0.969 bits per heavy atom. The third kappa shape index (κ3) is 7.60. The van der Waals surface area contributed by atoms with E-state index in [4.69, 9.17) is 21.3 Å². The number of amides is 4. The Balaban J connectivity index is 0.733. The molecule has 2 atom stereocenters. The highest BCUT2D eigenvalue weighted by Crippen LogP contribution is 2.45. The summed E-state index contributed by atoms with van der Waals surface area (Å²) in [4.78, 5) is 83.8. The van der Waals surface area contributed by atoms with Crippen molar-refractivity contribution < 1.29 is 23.9 Å². The maximum Gasteiger partial charge on any atom is 0.293 e. The average molecular weight is 892 g/mol. The number of carbonyl (C=O) groups excluding carboxylic acids is 4. The van der Waals surface area contributed by atoms with Crippen LogP contribution in [0.3, 0.4) is 0 Å². The molecule has 8 heterocycles. The Morgan fingerprint density at radius 3 is 2.48 bits per heavy atom. The van der Waals surface area contributed by atoms with Gasteiger partial charge in [0.05, 0.1) is 11.7 Å². The number of imide groups is 1. The topological polar surface area (TPSA) is 178 Å². The van der Waals surface area contributed by atoms with Gasteiger partial charge in [0.25, 0.3) is 17.4 Å². The number of anilines is 4. The van der Waals surface area contributed by atoms with E-state index in [1.54, 1.807) is 21.7 Å². The van der Waals surface area contributed by atoms with Gasteiger partial charge in [-0.05, 0) is 94.0 Å². The first-order valence-electron chi connectivity index (χ1n) is 22.5. The van der Waals surface area contributed by atoms with Gasteiger partial charge in [0.2, 0.25) is 17.8 Å². The van der Waals surface area contributed by atoms with Crippen molar-refractivity contribution in [3.8, 4) is 5.75 Å². The fourth-order valence-electron chi connectivity index (χ4n) is 10.8. The number of likely N-dealkylation sites (tertiary alicyclic amines) is 2. The van der Waals surface area contributed by atoms with Gasteiger partial charge in [-0.15, -0.1) is 0 Å². The van der Waals surface area contributed by atoms with E-state index in [1.165, 1.54) is 13.5 Å². The highest BCUT2D eigenvalue weighted by molar-refractivity contribution is 6.33. The minimum atomic E-state index is -0.608. The highest BCUT2D eigenvalue weighted by Gasteiger charge is 2.57. The number of nitrogens with one attached hydrogen (secondary N) is 3. The van der Waals surface area contributed by atoms with Crippen molar-refractivity contribution in [2.45, 2.75) is 88.6 Å². The molecule has 0 radical (unpaired) electrons. The fraction of sp³-hybridized carbons (Fsp3) is 0.500. The van der Waals surface area contributed by atoms with Crippen LogP contribution in [-0.4, -0.2) is 136 Å². The molecule has 10 rings (SSSR count). The van der Waals surface area contributed by atoms with E-state index >= 15 is 0 Å². The summed E-state index contributed by atoms with van der Waals surface area (Å²) in [5.41, 5.74) is 4.14. The molecule has 64 heavy (non-hydrogen) atoms. The van der Waals surface area contributed by atoms with Crippen LogP contribution in [0.2, 0.25) is 5.02 Å². The Kier molecular flexibility index (Phi) is 11.0. The molecule has 336 valence electrons. The van der Waals surface area contributed by atoms with Crippen molar-refractivity contribution in [2.24, 2.45) is 0 Å². The minimum absolute atomic E-state index is 0.101. The van der Waals surface area contributed by atoms with Gasteiger partial charge in [-0.1, -0.05) is 11.6 Å². The molecule has 0 aliphatic carbocycles. The zero-order valence-electron chi connectivity index (χ0n) is 36.4. The molecule has 3 N–H and O–H groups in total. The quantitative estimate of drug-likeness (QED) is 0.186. The van der Waals surface area contributed by atoms with Gasteiger partial charge < -0.3 is 34.6 Å². The second-order valence-electron chi connectivity index (χ2n) is 18.4. The second kappa shape index (κ2) is 16.7. The summed E-state index contributed by atoms with van der Waals surface area (Å²) in [6, 6.07) is 13.7. The van der Waals surface area contributed by atoms with Crippen LogP contribution in [0.25, 0.3) is 10.9 Å². The van der Waals surface area contributed by atoms with Gasteiger partial charge >= 0.3 is 0 Å². The zero-order valence-corrected chi connectivity index (χ0v) is 37.2. The van der Waals surface area contributed by atoms with Crippen LogP contribution in [0.4, 0.5) is 23.1 Å². The maximum atomic E-state index is 13.3. The van der Waals surface area contributed by atoms with E-state index in [-0.39, 0.29) is 59.5 Å². The maximum absolute atomic E-state index is 13.3. The van der Waals surface area contributed by atoms with E-state index in [0.717, 1.165) is 92.9 Å². The second-order valence-corrected chi connectivity index (χ2v) is 18.8.